The second-order valence-electron chi connectivity index (χ2n) is 4.22. The van der Waals surface area contributed by atoms with Crippen LogP contribution >= 0.6 is 0 Å². The lowest BCUT2D eigenvalue weighted by Crippen LogP contribution is -1.87. The van der Waals surface area contributed by atoms with E-state index in [1.165, 1.54) is 12.1 Å². The third kappa shape index (κ3) is 2.35. The van der Waals surface area contributed by atoms with Gasteiger partial charge in [-0.3, -0.25) is 15.1 Å². The molecule has 2 aromatic heterocycles. The van der Waals surface area contributed by atoms with Gasteiger partial charge < -0.3 is 0 Å². The van der Waals surface area contributed by atoms with Gasteiger partial charge in [0.05, 0.1) is 17.6 Å². The van der Waals surface area contributed by atoms with E-state index in [0.29, 0.717) is 11.4 Å². The highest BCUT2D eigenvalue weighted by Crippen LogP contribution is 2.22. The highest BCUT2D eigenvalue weighted by atomic mass is 19.1. The third-order valence-electron chi connectivity index (χ3n) is 2.78. The van der Waals surface area contributed by atoms with E-state index < -0.39 is 0 Å². The quantitative estimate of drug-likeness (QED) is 0.764. The Hall–Kier alpha value is -2.56. The summed E-state index contributed by atoms with van der Waals surface area (Å²) in [4.78, 5) is 8.45. The number of halogens is 1. The minimum absolute atomic E-state index is 0.257. The molecule has 0 aliphatic carbocycles. The SMILES string of the molecule is Cc1cnc(-c2cc(-c3ccc(F)cc3)[nH]n2)cn1. The molecule has 19 heavy (non-hydrogen) atoms. The van der Waals surface area contributed by atoms with Gasteiger partial charge in [-0.05, 0) is 42.8 Å². The molecule has 2 heterocycles. The molecule has 0 aliphatic rings. The fourth-order valence-electron chi connectivity index (χ4n) is 1.76. The summed E-state index contributed by atoms with van der Waals surface area (Å²) in [6, 6.07) is 8.11. The van der Waals surface area contributed by atoms with Crippen LogP contribution in [0.2, 0.25) is 0 Å². The molecule has 1 aromatic carbocycles. The number of nitrogens with zero attached hydrogens (tertiary/aromatic N) is 3. The zero-order valence-electron chi connectivity index (χ0n) is 10.3. The summed E-state index contributed by atoms with van der Waals surface area (Å²) in [5.74, 6) is -0.257. The predicted molar refractivity (Wildman–Crippen MR) is 69.7 cm³/mol. The van der Waals surface area contributed by atoms with Crippen molar-refractivity contribution in [2.75, 3.05) is 0 Å². The zero-order chi connectivity index (χ0) is 13.2. The molecule has 0 saturated carbocycles. The van der Waals surface area contributed by atoms with E-state index in [2.05, 4.69) is 20.2 Å². The topological polar surface area (TPSA) is 54.5 Å². The van der Waals surface area contributed by atoms with E-state index in [1.54, 1.807) is 24.5 Å². The van der Waals surface area contributed by atoms with Crippen molar-refractivity contribution in [3.8, 4) is 22.6 Å². The van der Waals surface area contributed by atoms with Gasteiger partial charge in [-0.2, -0.15) is 5.10 Å². The number of aromatic nitrogens is 4. The standard InChI is InChI=1S/C14H11FN4/c1-9-7-17-14(8-16-9)13-6-12(18-19-13)10-2-4-11(15)5-3-10/h2-8H,1H3,(H,18,19). The van der Waals surface area contributed by atoms with Gasteiger partial charge in [-0.25, -0.2) is 4.39 Å². The average Bonchev–Trinajstić information content (AvgIpc) is 2.90. The first-order valence-corrected chi connectivity index (χ1v) is 5.83. The first kappa shape index (κ1) is 11.5. The molecule has 0 saturated heterocycles. The van der Waals surface area contributed by atoms with Crippen LogP contribution in [0.15, 0.2) is 42.7 Å². The van der Waals surface area contributed by atoms with E-state index in [9.17, 15) is 4.39 Å². The minimum Gasteiger partial charge on any atom is -0.277 e. The Labute approximate surface area is 109 Å². The second kappa shape index (κ2) is 4.61. The Morgan fingerprint density at radius 3 is 2.47 bits per heavy atom. The lowest BCUT2D eigenvalue weighted by molar-refractivity contribution is 0.628. The molecule has 3 aromatic rings. The summed E-state index contributed by atoms with van der Waals surface area (Å²) in [6.07, 6.45) is 3.38. The molecule has 0 radical (unpaired) electrons. The monoisotopic (exact) mass is 254 g/mol. The highest BCUT2D eigenvalue weighted by molar-refractivity contribution is 5.65. The Morgan fingerprint density at radius 2 is 1.79 bits per heavy atom. The number of aromatic amines is 1. The van der Waals surface area contributed by atoms with Crippen molar-refractivity contribution in [3.05, 3.63) is 54.2 Å². The Morgan fingerprint density at radius 1 is 1.00 bits per heavy atom. The van der Waals surface area contributed by atoms with Gasteiger partial charge in [-0.1, -0.05) is 0 Å². The van der Waals surface area contributed by atoms with Crippen LogP contribution < -0.4 is 0 Å². The van der Waals surface area contributed by atoms with Crippen LogP contribution in [0, 0.1) is 12.7 Å². The van der Waals surface area contributed by atoms with Gasteiger partial charge >= 0.3 is 0 Å². The van der Waals surface area contributed by atoms with Crippen molar-refractivity contribution in [3.63, 3.8) is 0 Å². The number of hydrogen-bond donors (Lipinski definition) is 1. The molecule has 3 rings (SSSR count). The minimum atomic E-state index is -0.257. The zero-order valence-corrected chi connectivity index (χ0v) is 10.3. The summed E-state index contributed by atoms with van der Waals surface area (Å²) in [6.45, 7) is 1.88. The second-order valence-corrected chi connectivity index (χ2v) is 4.22. The smallest absolute Gasteiger partial charge is 0.123 e. The summed E-state index contributed by atoms with van der Waals surface area (Å²) in [7, 11) is 0. The van der Waals surface area contributed by atoms with Crippen molar-refractivity contribution >= 4 is 0 Å². The first-order valence-electron chi connectivity index (χ1n) is 5.83. The predicted octanol–water partition coefficient (Wildman–Crippen LogP) is 2.98. The van der Waals surface area contributed by atoms with Crippen molar-refractivity contribution < 1.29 is 4.39 Å². The van der Waals surface area contributed by atoms with E-state index in [0.717, 1.165) is 17.0 Å². The molecule has 94 valence electrons. The van der Waals surface area contributed by atoms with Gasteiger partial charge in [0.1, 0.15) is 17.2 Å². The third-order valence-corrected chi connectivity index (χ3v) is 2.78. The molecule has 0 aliphatic heterocycles. The molecule has 4 nitrogen and oxygen atoms in total. The molecule has 0 spiro atoms. The van der Waals surface area contributed by atoms with Crippen LogP contribution in [0.4, 0.5) is 4.39 Å². The summed E-state index contributed by atoms with van der Waals surface area (Å²) in [5, 5.41) is 7.11. The van der Waals surface area contributed by atoms with Crippen molar-refractivity contribution in [2.45, 2.75) is 6.92 Å². The lowest BCUT2D eigenvalue weighted by atomic mass is 10.1. The Balaban J connectivity index is 1.95. The molecule has 1 N–H and O–H groups in total. The van der Waals surface area contributed by atoms with Crippen LogP contribution in [-0.4, -0.2) is 20.2 Å². The Bertz CT molecular complexity index is 626. The normalized spacial score (nSPS) is 10.6. The maximum atomic E-state index is 12.9. The van der Waals surface area contributed by atoms with Gasteiger partial charge in [-0.15, -0.1) is 0 Å². The number of aryl methyl sites for hydroxylation is 1. The number of rotatable bonds is 2. The van der Waals surface area contributed by atoms with Crippen molar-refractivity contribution in [2.24, 2.45) is 0 Å². The van der Waals surface area contributed by atoms with Crippen LogP contribution in [0.5, 0.6) is 0 Å². The van der Waals surface area contributed by atoms with Gasteiger partial charge in [0.25, 0.3) is 0 Å². The highest BCUT2D eigenvalue weighted by Gasteiger charge is 2.07. The molecule has 0 unspecified atom stereocenters. The van der Waals surface area contributed by atoms with E-state index in [1.807, 2.05) is 13.0 Å². The van der Waals surface area contributed by atoms with Crippen LogP contribution in [-0.2, 0) is 0 Å². The molecule has 0 atom stereocenters. The van der Waals surface area contributed by atoms with E-state index >= 15 is 0 Å². The van der Waals surface area contributed by atoms with Crippen molar-refractivity contribution in [1.82, 2.24) is 20.2 Å². The number of H-pyrrole nitrogens is 1. The van der Waals surface area contributed by atoms with Gasteiger partial charge in [0, 0.05) is 6.20 Å². The maximum absolute atomic E-state index is 12.9. The molecule has 5 heteroatoms. The fraction of sp³-hybridized carbons (Fsp3) is 0.0714. The molecular formula is C14H11FN4. The molecule has 0 amide bonds. The average molecular weight is 254 g/mol. The van der Waals surface area contributed by atoms with E-state index in [-0.39, 0.29) is 5.82 Å². The van der Waals surface area contributed by atoms with Crippen molar-refractivity contribution in [1.29, 1.82) is 0 Å². The lowest BCUT2D eigenvalue weighted by Gasteiger charge is -1.96. The number of hydrogen-bond acceptors (Lipinski definition) is 3. The largest absolute Gasteiger partial charge is 0.277 e. The summed E-state index contributed by atoms with van der Waals surface area (Å²) in [5.41, 5.74) is 3.97. The van der Waals surface area contributed by atoms with Gasteiger partial charge in [0.15, 0.2) is 0 Å². The summed E-state index contributed by atoms with van der Waals surface area (Å²) >= 11 is 0. The van der Waals surface area contributed by atoms with E-state index in [4.69, 9.17) is 0 Å². The fourth-order valence-corrected chi connectivity index (χ4v) is 1.76. The van der Waals surface area contributed by atoms with Gasteiger partial charge in [0.2, 0.25) is 0 Å². The number of benzene rings is 1. The van der Waals surface area contributed by atoms with Crippen LogP contribution in [0.1, 0.15) is 5.69 Å². The Kier molecular flexibility index (Phi) is 2.79. The number of nitrogens with one attached hydrogen (secondary N) is 1. The molecule has 0 bridgehead atoms. The molecular weight excluding hydrogens is 243 g/mol. The van der Waals surface area contributed by atoms with Crippen LogP contribution in [0.25, 0.3) is 22.6 Å². The molecule has 0 fully saturated rings. The summed E-state index contributed by atoms with van der Waals surface area (Å²) < 4.78 is 12.9. The maximum Gasteiger partial charge on any atom is 0.123 e. The van der Waals surface area contributed by atoms with Crippen LogP contribution in [0.3, 0.4) is 0 Å². The first-order chi connectivity index (χ1) is 9.22.